The van der Waals surface area contributed by atoms with Gasteiger partial charge < -0.3 is 9.79 Å². The van der Waals surface area contributed by atoms with Crippen molar-refractivity contribution in [3.8, 4) is 0 Å². The third-order valence-electron chi connectivity index (χ3n) is 1.94. The zero-order chi connectivity index (χ0) is 10.8. The average molecular weight is 255 g/mol. The molecule has 82 valence electrons. The minimum atomic E-state index is -4.24. The molecule has 0 spiro atoms. The van der Waals surface area contributed by atoms with Gasteiger partial charge in [0.25, 0.3) is 0 Å². The highest BCUT2D eigenvalue weighted by atomic mass is 32.2. The van der Waals surface area contributed by atoms with Crippen LogP contribution in [-0.2, 0) is 4.57 Å². The highest BCUT2D eigenvalue weighted by molar-refractivity contribution is 8.42. The van der Waals surface area contributed by atoms with Gasteiger partial charge in [-0.3, -0.25) is 0 Å². The van der Waals surface area contributed by atoms with Crippen LogP contribution in [0.5, 0.6) is 0 Å². The monoisotopic (exact) mass is 255 g/mol. The highest BCUT2D eigenvalue weighted by Crippen LogP contribution is 2.47. The van der Waals surface area contributed by atoms with E-state index in [1.165, 1.54) is 23.5 Å². The lowest BCUT2D eigenvalue weighted by Crippen LogP contribution is -2.12. The van der Waals surface area contributed by atoms with Gasteiger partial charge in [0.05, 0.1) is 0 Å². The summed E-state index contributed by atoms with van der Waals surface area (Å²) in [6.45, 7) is 4.17. The van der Waals surface area contributed by atoms with Crippen molar-refractivity contribution in [2.24, 2.45) is 4.76 Å². The van der Waals surface area contributed by atoms with E-state index in [1.807, 2.05) is 0 Å². The smallest absolute Gasteiger partial charge is 0.307 e. The molecule has 4 nitrogen and oxygen atoms in total. The van der Waals surface area contributed by atoms with E-state index in [2.05, 4.69) is 18.6 Å². The average Bonchev–Trinajstić information content (AvgIpc) is 2.43. The van der Waals surface area contributed by atoms with Crippen molar-refractivity contribution in [1.82, 2.24) is 0 Å². The molecule has 0 aliphatic carbocycles. The van der Waals surface area contributed by atoms with E-state index in [4.69, 9.17) is 9.79 Å². The van der Waals surface area contributed by atoms with Crippen LogP contribution < -0.4 is 0 Å². The van der Waals surface area contributed by atoms with Crippen molar-refractivity contribution in [1.29, 1.82) is 0 Å². The minimum Gasteiger partial charge on any atom is -0.307 e. The summed E-state index contributed by atoms with van der Waals surface area (Å²) in [5.41, 5.74) is 0. The van der Waals surface area contributed by atoms with Gasteiger partial charge in [-0.15, -0.1) is 0 Å². The van der Waals surface area contributed by atoms with Gasteiger partial charge in [-0.25, -0.2) is 4.57 Å². The van der Waals surface area contributed by atoms with E-state index in [1.54, 1.807) is 0 Å². The van der Waals surface area contributed by atoms with Gasteiger partial charge >= 0.3 is 7.75 Å². The van der Waals surface area contributed by atoms with E-state index in [0.29, 0.717) is 14.9 Å². The molecule has 1 aliphatic rings. The normalized spacial score (nSPS) is 28.1. The van der Waals surface area contributed by atoms with E-state index in [0.717, 1.165) is 12.8 Å². The molecule has 0 aromatic heterocycles. The molecule has 14 heavy (non-hydrogen) atoms. The second kappa shape index (κ2) is 5.03. The van der Waals surface area contributed by atoms with Crippen LogP contribution in [0.4, 0.5) is 0 Å². The Kier molecular flexibility index (Phi) is 4.53. The zero-order valence-corrected chi connectivity index (χ0v) is 10.6. The molecule has 2 unspecified atom stereocenters. The lowest BCUT2D eigenvalue weighted by Gasteiger charge is -2.11. The fraction of sp³-hybridized carbons (Fsp3) is 0.857. The lowest BCUT2D eigenvalue weighted by atomic mass is 10.2. The maximum atomic E-state index is 10.7. The van der Waals surface area contributed by atoms with Gasteiger partial charge in [0.1, 0.15) is 4.38 Å². The van der Waals surface area contributed by atoms with Gasteiger partial charge in [-0.1, -0.05) is 37.4 Å². The summed E-state index contributed by atoms with van der Waals surface area (Å²) in [7, 11) is -4.24. The van der Waals surface area contributed by atoms with E-state index < -0.39 is 7.75 Å². The van der Waals surface area contributed by atoms with Crippen molar-refractivity contribution in [3.05, 3.63) is 0 Å². The predicted molar refractivity (Wildman–Crippen MR) is 62.8 cm³/mol. The van der Waals surface area contributed by atoms with Gasteiger partial charge in [0.2, 0.25) is 0 Å². The second-order valence-corrected chi connectivity index (χ2v) is 6.95. The molecule has 0 saturated carbocycles. The molecular weight excluding hydrogens is 241 g/mol. The molecule has 2 N–H and O–H groups in total. The third-order valence-corrected chi connectivity index (χ3v) is 5.93. The molecule has 0 amide bonds. The van der Waals surface area contributed by atoms with Crippen LogP contribution in [0.15, 0.2) is 4.76 Å². The van der Waals surface area contributed by atoms with Gasteiger partial charge in [-0.05, 0) is 12.8 Å². The Bertz CT molecular complexity index is 264. The first-order valence-electron chi connectivity index (χ1n) is 4.45. The Morgan fingerprint density at radius 1 is 1.29 bits per heavy atom. The van der Waals surface area contributed by atoms with Gasteiger partial charge in [0, 0.05) is 10.5 Å². The molecule has 1 fully saturated rings. The number of nitrogens with zero attached hydrogens (tertiary/aromatic N) is 1. The lowest BCUT2D eigenvalue weighted by molar-refractivity contribution is 0.375. The van der Waals surface area contributed by atoms with E-state index >= 15 is 0 Å². The number of hydrogen-bond donors (Lipinski definition) is 2. The Morgan fingerprint density at radius 2 is 1.71 bits per heavy atom. The Labute approximate surface area is 92.2 Å². The molecule has 0 radical (unpaired) electrons. The Balaban J connectivity index is 2.71. The standard InChI is InChI=1S/C7H14NO3PS2/c1-3-5-6(4-2)14-7(13-5)8-12(9,10)11/h5-6H,3-4H2,1-2H3,(H2,9,10,11). The largest absolute Gasteiger partial charge is 0.450 e. The summed E-state index contributed by atoms with van der Waals surface area (Å²) in [4.78, 5) is 17.4. The molecule has 0 aromatic carbocycles. The molecular formula is C7H14NO3PS2. The molecule has 7 heteroatoms. The molecule has 1 rings (SSSR count). The van der Waals surface area contributed by atoms with Crippen molar-refractivity contribution >= 4 is 35.6 Å². The van der Waals surface area contributed by atoms with Crippen LogP contribution in [-0.4, -0.2) is 24.7 Å². The summed E-state index contributed by atoms with van der Waals surface area (Å²) < 4.78 is 14.6. The van der Waals surface area contributed by atoms with Gasteiger partial charge in [0.15, 0.2) is 0 Å². The SMILES string of the molecule is CCC1SC(=NP(=O)(O)O)SC1CC. The molecule has 1 heterocycles. The zero-order valence-electron chi connectivity index (χ0n) is 8.08. The summed E-state index contributed by atoms with van der Waals surface area (Å²) in [5, 5.41) is 0.880. The summed E-state index contributed by atoms with van der Waals surface area (Å²) in [5.74, 6) is 0. The highest BCUT2D eigenvalue weighted by Gasteiger charge is 2.32. The molecule has 0 aromatic rings. The third kappa shape index (κ3) is 3.59. The van der Waals surface area contributed by atoms with Crippen molar-refractivity contribution in [2.45, 2.75) is 37.2 Å². The summed E-state index contributed by atoms with van der Waals surface area (Å²) >= 11 is 2.98. The fourth-order valence-corrected chi connectivity index (χ4v) is 5.35. The maximum absolute atomic E-state index is 10.7. The molecule has 1 saturated heterocycles. The Hall–Kier alpha value is 0.520. The molecule has 0 bridgehead atoms. The Morgan fingerprint density at radius 3 is 2.00 bits per heavy atom. The predicted octanol–water partition coefficient (Wildman–Crippen LogP) is 2.47. The molecule has 1 aliphatic heterocycles. The van der Waals surface area contributed by atoms with Crippen LogP contribution in [0.25, 0.3) is 0 Å². The van der Waals surface area contributed by atoms with E-state index in [9.17, 15) is 4.57 Å². The fourth-order valence-electron chi connectivity index (χ4n) is 1.28. The summed E-state index contributed by atoms with van der Waals surface area (Å²) in [6, 6.07) is 0. The van der Waals surface area contributed by atoms with Gasteiger partial charge in [-0.2, -0.15) is 4.76 Å². The van der Waals surface area contributed by atoms with Crippen molar-refractivity contribution in [3.63, 3.8) is 0 Å². The van der Waals surface area contributed by atoms with Crippen LogP contribution in [0.1, 0.15) is 26.7 Å². The van der Waals surface area contributed by atoms with Crippen LogP contribution in [0.2, 0.25) is 0 Å². The van der Waals surface area contributed by atoms with Crippen molar-refractivity contribution in [2.75, 3.05) is 0 Å². The first-order chi connectivity index (χ1) is 6.46. The van der Waals surface area contributed by atoms with Crippen LogP contribution >= 0.6 is 31.3 Å². The minimum absolute atomic E-state index is 0.440. The second-order valence-electron chi connectivity index (χ2n) is 3.01. The van der Waals surface area contributed by atoms with Crippen LogP contribution in [0, 0.1) is 0 Å². The quantitative estimate of drug-likeness (QED) is 0.758. The first-order valence-corrected chi connectivity index (χ1v) is 7.77. The maximum Gasteiger partial charge on any atom is 0.450 e. The number of hydrogen-bond acceptors (Lipinski definition) is 3. The topological polar surface area (TPSA) is 69.9 Å². The molecule has 2 atom stereocenters. The van der Waals surface area contributed by atoms with Crippen molar-refractivity contribution < 1.29 is 14.4 Å². The van der Waals surface area contributed by atoms with E-state index in [-0.39, 0.29) is 0 Å². The summed E-state index contributed by atoms with van der Waals surface area (Å²) in [6.07, 6.45) is 2.02. The number of thioether (sulfide) groups is 2. The van der Waals surface area contributed by atoms with Crippen LogP contribution in [0.3, 0.4) is 0 Å². The number of rotatable bonds is 3. The first kappa shape index (κ1) is 12.6.